The van der Waals surface area contributed by atoms with Crippen LogP contribution in [-0.2, 0) is 28.5 Å². The SMILES string of the molecule is CCO[C@@H]1OC(C(=O)NCCCN2CCCC2=O)=C[C@H](c2coc3ccccc23)[C@@H]1CCOCCOCCO. The number of aliphatic hydroxyl groups excluding tert-OH is 1. The average Bonchev–Trinajstić information content (AvgIpc) is 3.56. The van der Waals surface area contributed by atoms with E-state index in [-0.39, 0.29) is 42.6 Å². The molecular formula is C29H40N2O8. The van der Waals surface area contributed by atoms with Gasteiger partial charge in [0.25, 0.3) is 5.91 Å². The van der Waals surface area contributed by atoms with Crippen molar-refractivity contribution in [2.45, 2.75) is 44.8 Å². The van der Waals surface area contributed by atoms with Crippen LogP contribution in [0.15, 0.2) is 46.8 Å². The number of allylic oxidation sites excluding steroid dienone is 1. The number of fused-ring (bicyclic) bond motifs is 1. The molecule has 1 aromatic heterocycles. The van der Waals surface area contributed by atoms with Crippen molar-refractivity contribution in [1.82, 2.24) is 10.2 Å². The minimum atomic E-state index is -0.643. The predicted octanol–water partition coefficient (Wildman–Crippen LogP) is 2.95. The molecule has 3 heterocycles. The van der Waals surface area contributed by atoms with E-state index in [9.17, 15) is 9.59 Å². The summed E-state index contributed by atoms with van der Waals surface area (Å²) in [5.74, 6) is -0.225. The van der Waals surface area contributed by atoms with Crippen LogP contribution < -0.4 is 5.32 Å². The third kappa shape index (κ3) is 7.82. The van der Waals surface area contributed by atoms with Crippen LogP contribution in [0.2, 0.25) is 0 Å². The first-order valence-electron chi connectivity index (χ1n) is 13.9. The van der Waals surface area contributed by atoms with Crippen LogP contribution in [0.3, 0.4) is 0 Å². The van der Waals surface area contributed by atoms with E-state index in [1.165, 1.54) is 0 Å². The number of hydrogen-bond donors (Lipinski definition) is 2. The van der Waals surface area contributed by atoms with E-state index in [4.69, 9.17) is 28.5 Å². The average molecular weight is 545 g/mol. The number of furan rings is 1. The van der Waals surface area contributed by atoms with E-state index in [1.54, 1.807) is 6.26 Å². The zero-order chi connectivity index (χ0) is 27.5. The second kappa shape index (κ2) is 15.0. The number of rotatable bonds is 16. The zero-order valence-electron chi connectivity index (χ0n) is 22.6. The number of nitrogens with one attached hydrogen (secondary N) is 1. The van der Waals surface area contributed by atoms with Gasteiger partial charge in [-0.05, 0) is 38.3 Å². The summed E-state index contributed by atoms with van der Waals surface area (Å²) in [5, 5.41) is 12.8. The fourth-order valence-corrected chi connectivity index (χ4v) is 5.16. The molecule has 10 nitrogen and oxygen atoms in total. The molecule has 39 heavy (non-hydrogen) atoms. The fourth-order valence-electron chi connectivity index (χ4n) is 5.16. The summed E-state index contributed by atoms with van der Waals surface area (Å²) in [5.41, 5.74) is 1.74. The molecule has 2 aromatic rings. The monoisotopic (exact) mass is 544 g/mol. The number of amides is 2. The van der Waals surface area contributed by atoms with Gasteiger partial charge in [0.1, 0.15) is 5.58 Å². The Hall–Kier alpha value is -2.92. The van der Waals surface area contributed by atoms with E-state index in [0.29, 0.717) is 58.8 Å². The highest BCUT2D eigenvalue weighted by Crippen LogP contribution is 2.41. The number of hydrogen-bond acceptors (Lipinski definition) is 8. The minimum absolute atomic E-state index is 0.0177. The van der Waals surface area contributed by atoms with E-state index in [0.717, 1.165) is 29.5 Å². The van der Waals surface area contributed by atoms with Crippen LogP contribution in [0.4, 0.5) is 0 Å². The molecule has 2 N–H and O–H groups in total. The molecule has 2 amide bonds. The lowest BCUT2D eigenvalue weighted by atomic mass is 9.81. The molecule has 4 rings (SSSR count). The van der Waals surface area contributed by atoms with E-state index in [2.05, 4.69) is 5.32 Å². The summed E-state index contributed by atoms with van der Waals surface area (Å²) in [6.07, 6.45) is 5.79. The topological polar surface area (TPSA) is 120 Å². The molecule has 214 valence electrons. The molecule has 1 fully saturated rings. The standard InChI is InChI=1S/C29H40N2O8/c1-2-37-29-22(10-15-35-17-18-36-16-14-32)23(24-20-38-25-8-4-3-7-21(24)25)19-26(39-29)28(34)30-11-6-13-31-12-5-9-27(31)33/h3-4,7-8,19-20,22-23,29,32H,2,5-6,9-18H2,1H3,(H,30,34)/t22-,23-,29+/m0/s1. The third-order valence-corrected chi connectivity index (χ3v) is 7.07. The van der Waals surface area contributed by atoms with Crippen LogP contribution in [-0.4, -0.2) is 87.4 Å². The number of nitrogens with zero attached hydrogens (tertiary/aromatic N) is 1. The number of likely N-dealkylation sites (tertiary alicyclic amines) is 1. The van der Waals surface area contributed by atoms with Crippen molar-refractivity contribution in [3.63, 3.8) is 0 Å². The van der Waals surface area contributed by atoms with Gasteiger partial charge in [0.05, 0.1) is 32.7 Å². The first kappa shape index (κ1) is 29.1. The largest absolute Gasteiger partial charge is 0.464 e. The fraction of sp³-hybridized carbons (Fsp3) is 0.586. The highest BCUT2D eigenvalue weighted by molar-refractivity contribution is 5.92. The van der Waals surface area contributed by atoms with Crippen molar-refractivity contribution in [3.05, 3.63) is 47.9 Å². The maximum atomic E-state index is 13.2. The van der Waals surface area contributed by atoms with E-state index >= 15 is 0 Å². The van der Waals surface area contributed by atoms with Gasteiger partial charge >= 0.3 is 0 Å². The zero-order valence-corrected chi connectivity index (χ0v) is 22.6. The van der Waals surface area contributed by atoms with Gasteiger partial charge in [0.15, 0.2) is 5.76 Å². The van der Waals surface area contributed by atoms with Gasteiger partial charge in [-0.1, -0.05) is 18.2 Å². The van der Waals surface area contributed by atoms with Gasteiger partial charge in [-0.2, -0.15) is 0 Å². The molecule has 1 saturated heterocycles. The lowest BCUT2D eigenvalue weighted by Crippen LogP contribution is -2.40. The maximum absolute atomic E-state index is 13.2. The molecule has 3 atom stereocenters. The van der Waals surface area contributed by atoms with Crippen LogP contribution in [0, 0.1) is 5.92 Å². The molecule has 2 aliphatic rings. The molecule has 10 heteroatoms. The van der Waals surface area contributed by atoms with Crippen molar-refractivity contribution in [3.8, 4) is 0 Å². The Balaban J connectivity index is 1.46. The normalized spacial score (nSPS) is 21.3. The summed E-state index contributed by atoms with van der Waals surface area (Å²) in [6.45, 7) is 5.74. The summed E-state index contributed by atoms with van der Waals surface area (Å²) >= 11 is 0. The van der Waals surface area contributed by atoms with Crippen LogP contribution in [0.25, 0.3) is 11.0 Å². The molecule has 0 unspecified atom stereocenters. The number of carbonyl (C=O) groups is 2. The Labute approximate surface area is 229 Å². The van der Waals surface area contributed by atoms with E-state index < -0.39 is 6.29 Å². The molecule has 0 aliphatic carbocycles. The highest BCUT2D eigenvalue weighted by atomic mass is 16.7. The summed E-state index contributed by atoms with van der Waals surface area (Å²) in [4.78, 5) is 26.8. The van der Waals surface area contributed by atoms with Crippen LogP contribution in [0.1, 0.15) is 44.1 Å². The Kier molecular flexibility index (Phi) is 11.2. The predicted molar refractivity (Wildman–Crippen MR) is 144 cm³/mol. The lowest BCUT2D eigenvalue weighted by molar-refractivity contribution is -0.168. The smallest absolute Gasteiger partial charge is 0.286 e. The summed E-state index contributed by atoms with van der Waals surface area (Å²) in [7, 11) is 0. The van der Waals surface area contributed by atoms with Gasteiger partial charge in [-0.3, -0.25) is 9.59 Å². The first-order valence-corrected chi connectivity index (χ1v) is 13.9. The van der Waals surface area contributed by atoms with Crippen molar-refractivity contribution in [1.29, 1.82) is 0 Å². The first-order chi connectivity index (χ1) is 19.1. The van der Waals surface area contributed by atoms with Crippen LogP contribution in [0.5, 0.6) is 0 Å². The molecule has 0 spiro atoms. The van der Waals surface area contributed by atoms with Crippen LogP contribution >= 0.6 is 0 Å². The van der Waals surface area contributed by atoms with Gasteiger partial charge in [0.2, 0.25) is 12.2 Å². The van der Waals surface area contributed by atoms with Gasteiger partial charge < -0.3 is 38.7 Å². The maximum Gasteiger partial charge on any atom is 0.286 e. The number of benzene rings is 1. The van der Waals surface area contributed by atoms with Crippen molar-refractivity contribution in [2.75, 3.05) is 59.3 Å². The Morgan fingerprint density at radius 1 is 1.18 bits per heavy atom. The van der Waals surface area contributed by atoms with Crippen molar-refractivity contribution in [2.24, 2.45) is 5.92 Å². The highest BCUT2D eigenvalue weighted by Gasteiger charge is 2.39. The second-order valence-electron chi connectivity index (χ2n) is 9.68. The molecule has 2 aliphatic heterocycles. The Morgan fingerprint density at radius 3 is 2.77 bits per heavy atom. The molecule has 0 bridgehead atoms. The summed E-state index contributed by atoms with van der Waals surface area (Å²) in [6, 6.07) is 7.83. The van der Waals surface area contributed by atoms with Gasteiger partial charge in [-0.15, -0.1) is 0 Å². The van der Waals surface area contributed by atoms with Crippen molar-refractivity contribution < 1.29 is 38.1 Å². The second-order valence-corrected chi connectivity index (χ2v) is 9.68. The molecule has 1 aromatic carbocycles. The number of aliphatic hydroxyl groups is 1. The lowest BCUT2D eigenvalue weighted by Gasteiger charge is -2.36. The quantitative estimate of drug-likeness (QED) is 0.310. The molecule has 0 radical (unpaired) electrons. The Bertz CT molecular complexity index is 1100. The van der Waals surface area contributed by atoms with Crippen molar-refractivity contribution >= 4 is 22.8 Å². The number of carbonyl (C=O) groups excluding carboxylic acids is 2. The Morgan fingerprint density at radius 2 is 2.00 bits per heavy atom. The van der Waals surface area contributed by atoms with Gasteiger partial charge in [0, 0.05) is 62.1 Å². The summed E-state index contributed by atoms with van der Waals surface area (Å²) < 4.78 is 29.0. The van der Waals surface area contributed by atoms with Gasteiger partial charge in [-0.25, -0.2) is 0 Å². The van der Waals surface area contributed by atoms with E-state index in [1.807, 2.05) is 42.2 Å². The molecular weight excluding hydrogens is 504 g/mol. The molecule has 0 saturated carbocycles. The number of ether oxygens (including phenoxy) is 4. The number of para-hydroxylation sites is 1. The third-order valence-electron chi connectivity index (χ3n) is 7.07. The minimum Gasteiger partial charge on any atom is -0.464 e.